The van der Waals surface area contributed by atoms with Gasteiger partial charge in [0.2, 0.25) is 0 Å². The summed E-state index contributed by atoms with van der Waals surface area (Å²) in [6, 6.07) is 3.93. The highest BCUT2D eigenvalue weighted by molar-refractivity contribution is 5.54. The maximum Gasteiger partial charge on any atom is 0.162 e. The highest BCUT2D eigenvalue weighted by Gasteiger charge is 2.14. The second kappa shape index (κ2) is 6.43. The summed E-state index contributed by atoms with van der Waals surface area (Å²) in [7, 11) is 0. The van der Waals surface area contributed by atoms with Crippen LogP contribution in [0.1, 0.15) is 30.4 Å². The number of pyridine rings is 1. The van der Waals surface area contributed by atoms with Crippen molar-refractivity contribution in [2.45, 2.75) is 33.2 Å². The molecular weight excluding hydrogens is 314 g/mol. The summed E-state index contributed by atoms with van der Waals surface area (Å²) in [5, 5.41) is 4.37. The van der Waals surface area contributed by atoms with E-state index >= 15 is 0 Å². The molecule has 4 rings (SSSR count). The van der Waals surface area contributed by atoms with E-state index in [9.17, 15) is 0 Å². The molecule has 4 aromatic heterocycles. The SMILES string of the molecule is CCCc1c(Cn2ccnc2-c2cccnc2)ncn2nc(C)nc12. The molecule has 0 bridgehead atoms. The van der Waals surface area contributed by atoms with Gasteiger partial charge in [0, 0.05) is 35.9 Å². The molecule has 0 fully saturated rings. The molecule has 0 aliphatic rings. The average molecular weight is 333 g/mol. The van der Waals surface area contributed by atoms with Gasteiger partial charge in [-0.05, 0) is 25.5 Å². The van der Waals surface area contributed by atoms with Crippen LogP contribution in [0.2, 0.25) is 0 Å². The Bertz CT molecular complexity index is 1000. The van der Waals surface area contributed by atoms with E-state index in [2.05, 4.69) is 36.5 Å². The maximum atomic E-state index is 4.64. The molecule has 0 unspecified atom stereocenters. The molecule has 7 nitrogen and oxygen atoms in total. The lowest BCUT2D eigenvalue weighted by Gasteiger charge is -2.11. The molecule has 0 N–H and O–H groups in total. The molecule has 7 heteroatoms. The molecule has 0 saturated carbocycles. The number of imidazole rings is 1. The first-order valence-electron chi connectivity index (χ1n) is 8.37. The molecule has 126 valence electrons. The zero-order valence-corrected chi connectivity index (χ0v) is 14.3. The fraction of sp³-hybridized carbons (Fsp3) is 0.278. The van der Waals surface area contributed by atoms with Gasteiger partial charge >= 0.3 is 0 Å². The van der Waals surface area contributed by atoms with Crippen molar-refractivity contribution >= 4 is 5.65 Å². The van der Waals surface area contributed by atoms with Crippen molar-refractivity contribution in [2.75, 3.05) is 0 Å². The average Bonchev–Trinajstić information content (AvgIpc) is 3.24. The van der Waals surface area contributed by atoms with Gasteiger partial charge < -0.3 is 4.57 Å². The largest absolute Gasteiger partial charge is 0.325 e. The highest BCUT2D eigenvalue weighted by Crippen LogP contribution is 2.20. The third-order valence-electron chi connectivity index (χ3n) is 4.13. The predicted octanol–water partition coefficient (Wildman–Crippen LogP) is 2.69. The molecule has 0 atom stereocenters. The Morgan fingerprint density at radius 3 is 2.88 bits per heavy atom. The zero-order valence-electron chi connectivity index (χ0n) is 14.3. The summed E-state index contributed by atoms with van der Waals surface area (Å²) in [5.74, 6) is 1.64. The molecule has 25 heavy (non-hydrogen) atoms. The summed E-state index contributed by atoms with van der Waals surface area (Å²) in [6.07, 6.45) is 11.1. The Hall–Kier alpha value is -3.09. The Morgan fingerprint density at radius 1 is 1.16 bits per heavy atom. The minimum Gasteiger partial charge on any atom is -0.325 e. The lowest BCUT2D eigenvalue weighted by atomic mass is 10.1. The monoisotopic (exact) mass is 333 g/mol. The predicted molar refractivity (Wildman–Crippen MR) is 94.1 cm³/mol. The number of hydrogen-bond acceptors (Lipinski definition) is 5. The van der Waals surface area contributed by atoms with Gasteiger partial charge in [0.1, 0.15) is 18.0 Å². The van der Waals surface area contributed by atoms with E-state index in [1.54, 1.807) is 17.0 Å². The lowest BCUT2D eigenvalue weighted by molar-refractivity contribution is 0.743. The molecular formula is C18H19N7. The second-order valence-corrected chi connectivity index (χ2v) is 5.97. The first-order chi connectivity index (χ1) is 12.3. The van der Waals surface area contributed by atoms with Gasteiger partial charge in [-0.15, -0.1) is 0 Å². The van der Waals surface area contributed by atoms with Crippen LogP contribution in [0, 0.1) is 6.92 Å². The van der Waals surface area contributed by atoms with Crippen LogP contribution in [0.3, 0.4) is 0 Å². The van der Waals surface area contributed by atoms with Gasteiger partial charge in [-0.25, -0.2) is 19.5 Å². The molecule has 0 aliphatic carbocycles. The molecule has 0 aliphatic heterocycles. The van der Waals surface area contributed by atoms with E-state index in [4.69, 9.17) is 0 Å². The van der Waals surface area contributed by atoms with Gasteiger partial charge in [-0.2, -0.15) is 5.10 Å². The van der Waals surface area contributed by atoms with E-state index in [0.29, 0.717) is 6.54 Å². The molecule has 0 spiro atoms. The number of nitrogens with zero attached hydrogens (tertiary/aromatic N) is 7. The third kappa shape index (κ3) is 2.88. The quantitative estimate of drug-likeness (QED) is 0.561. The zero-order chi connectivity index (χ0) is 17.2. The van der Waals surface area contributed by atoms with Crippen molar-refractivity contribution in [1.29, 1.82) is 0 Å². The first kappa shape index (κ1) is 15.4. The maximum absolute atomic E-state index is 4.64. The number of rotatable bonds is 5. The fourth-order valence-electron chi connectivity index (χ4n) is 3.04. The van der Waals surface area contributed by atoms with Crippen LogP contribution >= 0.6 is 0 Å². The lowest BCUT2D eigenvalue weighted by Crippen LogP contribution is -2.09. The summed E-state index contributed by atoms with van der Waals surface area (Å²) in [5.41, 5.74) is 4.04. The Labute approximate surface area is 145 Å². The highest BCUT2D eigenvalue weighted by atomic mass is 15.3. The minimum absolute atomic E-state index is 0.641. The van der Waals surface area contributed by atoms with Gasteiger partial charge in [0.05, 0.1) is 12.2 Å². The molecule has 4 heterocycles. The van der Waals surface area contributed by atoms with Crippen LogP contribution in [-0.2, 0) is 13.0 Å². The number of aryl methyl sites for hydroxylation is 2. The molecule has 0 saturated heterocycles. The standard InChI is InChI=1S/C18H19N7/c1-3-5-15-16(21-12-25-18(15)22-13(2)23-25)11-24-9-8-20-17(24)14-6-4-7-19-10-14/h4,6-10,12H,3,5,11H2,1-2H3. The van der Waals surface area contributed by atoms with Crippen molar-refractivity contribution in [3.63, 3.8) is 0 Å². The van der Waals surface area contributed by atoms with Crippen molar-refractivity contribution in [2.24, 2.45) is 0 Å². The summed E-state index contributed by atoms with van der Waals surface area (Å²) in [4.78, 5) is 17.9. The van der Waals surface area contributed by atoms with Gasteiger partial charge in [0.15, 0.2) is 5.65 Å². The molecule has 0 aromatic carbocycles. The van der Waals surface area contributed by atoms with Crippen molar-refractivity contribution in [3.05, 3.63) is 60.3 Å². The van der Waals surface area contributed by atoms with E-state index in [1.807, 2.05) is 37.6 Å². The Balaban J connectivity index is 1.77. The summed E-state index contributed by atoms with van der Waals surface area (Å²) < 4.78 is 3.86. The topological polar surface area (TPSA) is 73.8 Å². The number of fused-ring (bicyclic) bond motifs is 1. The normalized spacial score (nSPS) is 11.3. The minimum atomic E-state index is 0.641. The van der Waals surface area contributed by atoms with Gasteiger partial charge in [-0.1, -0.05) is 13.3 Å². The molecule has 0 radical (unpaired) electrons. The van der Waals surface area contributed by atoms with E-state index < -0.39 is 0 Å². The third-order valence-corrected chi connectivity index (χ3v) is 4.13. The van der Waals surface area contributed by atoms with Crippen LogP contribution < -0.4 is 0 Å². The number of hydrogen-bond donors (Lipinski definition) is 0. The van der Waals surface area contributed by atoms with Crippen LogP contribution in [-0.4, -0.2) is 34.1 Å². The second-order valence-electron chi connectivity index (χ2n) is 5.97. The van der Waals surface area contributed by atoms with E-state index in [-0.39, 0.29) is 0 Å². The fourth-order valence-corrected chi connectivity index (χ4v) is 3.04. The van der Waals surface area contributed by atoms with Crippen molar-refractivity contribution in [3.8, 4) is 11.4 Å². The first-order valence-corrected chi connectivity index (χ1v) is 8.37. The van der Waals surface area contributed by atoms with Crippen LogP contribution in [0.5, 0.6) is 0 Å². The van der Waals surface area contributed by atoms with Crippen molar-refractivity contribution in [1.82, 2.24) is 34.1 Å². The summed E-state index contributed by atoms with van der Waals surface area (Å²) >= 11 is 0. The Morgan fingerprint density at radius 2 is 2.08 bits per heavy atom. The van der Waals surface area contributed by atoms with Crippen LogP contribution in [0.15, 0.2) is 43.2 Å². The summed E-state index contributed by atoms with van der Waals surface area (Å²) in [6.45, 7) is 4.70. The number of aromatic nitrogens is 7. The van der Waals surface area contributed by atoms with Crippen LogP contribution in [0.25, 0.3) is 17.0 Å². The van der Waals surface area contributed by atoms with E-state index in [1.165, 1.54) is 0 Å². The van der Waals surface area contributed by atoms with Gasteiger partial charge in [-0.3, -0.25) is 4.98 Å². The smallest absolute Gasteiger partial charge is 0.162 e. The van der Waals surface area contributed by atoms with E-state index in [0.717, 1.165) is 47.0 Å². The molecule has 0 amide bonds. The molecule has 4 aromatic rings. The Kier molecular flexibility index (Phi) is 3.97. The van der Waals surface area contributed by atoms with Crippen molar-refractivity contribution < 1.29 is 0 Å². The van der Waals surface area contributed by atoms with Gasteiger partial charge in [0.25, 0.3) is 0 Å². The van der Waals surface area contributed by atoms with Crippen LogP contribution in [0.4, 0.5) is 0 Å².